The van der Waals surface area contributed by atoms with Crippen molar-refractivity contribution in [3.8, 4) is 0 Å². The highest BCUT2D eigenvalue weighted by Crippen LogP contribution is 2.30. The molecule has 0 atom stereocenters. The molecule has 2 heterocycles. The standard InChI is InChI=1S/C13H10ClN2S/c1-8-7-17-13(14)9(8)6-12-15-10-4-2-3-5-11(10)16-12/h2-7H,1H3,(H,15,16). The number of nitrogens with one attached hydrogen (secondary N) is 1. The fourth-order valence-corrected chi connectivity index (χ4v) is 2.86. The molecule has 4 heteroatoms. The molecule has 2 aromatic heterocycles. The van der Waals surface area contributed by atoms with E-state index in [0.717, 1.165) is 26.8 Å². The fourth-order valence-electron chi connectivity index (χ4n) is 1.77. The van der Waals surface area contributed by atoms with Crippen LogP contribution in [0.3, 0.4) is 0 Å². The van der Waals surface area contributed by atoms with E-state index >= 15 is 0 Å². The third kappa shape index (κ3) is 1.96. The van der Waals surface area contributed by atoms with Gasteiger partial charge in [-0.1, -0.05) is 23.7 Å². The molecule has 3 aromatic rings. The molecule has 0 aliphatic heterocycles. The predicted molar refractivity (Wildman–Crippen MR) is 72.7 cm³/mol. The zero-order valence-electron chi connectivity index (χ0n) is 9.20. The molecule has 17 heavy (non-hydrogen) atoms. The van der Waals surface area contributed by atoms with E-state index in [4.69, 9.17) is 11.6 Å². The lowest BCUT2D eigenvalue weighted by atomic mass is 10.1. The maximum Gasteiger partial charge on any atom is 0.115 e. The van der Waals surface area contributed by atoms with Gasteiger partial charge in [-0.25, -0.2) is 4.98 Å². The van der Waals surface area contributed by atoms with Crippen LogP contribution in [0.5, 0.6) is 0 Å². The Morgan fingerprint density at radius 1 is 1.35 bits per heavy atom. The third-order valence-electron chi connectivity index (χ3n) is 2.66. The molecule has 0 aliphatic carbocycles. The first-order chi connectivity index (χ1) is 8.24. The molecule has 1 N–H and O–H groups in total. The normalized spacial score (nSPS) is 11.2. The molecule has 0 unspecified atom stereocenters. The molecule has 1 radical (unpaired) electrons. The minimum absolute atomic E-state index is 0.808. The van der Waals surface area contributed by atoms with E-state index < -0.39 is 0 Å². The Morgan fingerprint density at radius 2 is 2.18 bits per heavy atom. The predicted octanol–water partition coefficient (Wildman–Crippen LogP) is 4.19. The second-order valence-electron chi connectivity index (χ2n) is 3.89. The summed E-state index contributed by atoms with van der Waals surface area (Å²) in [5.41, 5.74) is 4.25. The number of halogens is 1. The van der Waals surface area contributed by atoms with E-state index in [-0.39, 0.29) is 0 Å². The number of thiophene rings is 1. The highest BCUT2D eigenvalue weighted by molar-refractivity contribution is 7.14. The second-order valence-corrected chi connectivity index (χ2v) is 5.37. The molecule has 85 valence electrons. The maximum atomic E-state index is 6.14. The molecule has 0 spiro atoms. The largest absolute Gasteiger partial charge is 0.341 e. The van der Waals surface area contributed by atoms with Crippen LogP contribution in [0.15, 0.2) is 29.6 Å². The van der Waals surface area contributed by atoms with E-state index in [1.807, 2.05) is 30.7 Å². The number of hydrogen-bond donors (Lipinski definition) is 1. The molecular formula is C13H10ClN2S. The quantitative estimate of drug-likeness (QED) is 0.736. The summed E-state index contributed by atoms with van der Waals surface area (Å²) in [5, 5.41) is 2.05. The Labute approximate surface area is 108 Å². The summed E-state index contributed by atoms with van der Waals surface area (Å²) in [4.78, 5) is 7.77. The van der Waals surface area contributed by atoms with Crippen LogP contribution in [0.2, 0.25) is 4.34 Å². The van der Waals surface area contributed by atoms with Gasteiger partial charge in [0.1, 0.15) is 5.82 Å². The van der Waals surface area contributed by atoms with Gasteiger partial charge in [-0.15, -0.1) is 11.3 Å². The van der Waals surface area contributed by atoms with Crippen molar-refractivity contribution in [1.29, 1.82) is 0 Å². The minimum Gasteiger partial charge on any atom is -0.341 e. The smallest absolute Gasteiger partial charge is 0.115 e. The van der Waals surface area contributed by atoms with Gasteiger partial charge in [0.25, 0.3) is 0 Å². The van der Waals surface area contributed by atoms with Crippen LogP contribution in [0.25, 0.3) is 11.0 Å². The SMILES string of the molecule is Cc1csc(Cl)c1[CH]c1nc2ccccc2[nH]1. The molecular weight excluding hydrogens is 252 g/mol. The number of aromatic nitrogens is 2. The molecule has 2 nitrogen and oxygen atoms in total. The number of rotatable bonds is 2. The van der Waals surface area contributed by atoms with Crippen LogP contribution in [0.4, 0.5) is 0 Å². The van der Waals surface area contributed by atoms with Crippen LogP contribution in [0, 0.1) is 13.3 Å². The third-order valence-corrected chi connectivity index (χ3v) is 4.03. The Balaban J connectivity index is 2.00. The van der Waals surface area contributed by atoms with Crippen molar-refractivity contribution in [2.24, 2.45) is 0 Å². The Bertz CT molecular complexity index is 616. The van der Waals surface area contributed by atoms with Crippen LogP contribution in [0.1, 0.15) is 17.0 Å². The zero-order valence-corrected chi connectivity index (χ0v) is 10.8. The summed E-state index contributed by atoms with van der Waals surface area (Å²) in [6.07, 6.45) is 1.99. The number of H-pyrrole nitrogens is 1. The van der Waals surface area contributed by atoms with Gasteiger partial charge in [0.15, 0.2) is 0 Å². The number of nitrogens with zero attached hydrogens (tertiary/aromatic N) is 1. The average Bonchev–Trinajstić information content (AvgIpc) is 2.87. The van der Waals surface area contributed by atoms with Crippen molar-refractivity contribution in [1.82, 2.24) is 9.97 Å². The monoisotopic (exact) mass is 261 g/mol. The van der Waals surface area contributed by atoms with Gasteiger partial charge in [-0.2, -0.15) is 0 Å². The zero-order chi connectivity index (χ0) is 11.8. The van der Waals surface area contributed by atoms with E-state index in [1.54, 1.807) is 11.3 Å². The number of aromatic amines is 1. The molecule has 0 saturated heterocycles. The number of imidazole rings is 1. The van der Waals surface area contributed by atoms with Crippen LogP contribution in [-0.2, 0) is 0 Å². The summed E-state index contributed by atoms with van der Waals surface area (Å²) in [7, 11) is 0. The van der Waals surface area contributed by atoms with Crippen LogP contribution < -0.4 is 0 Å². The van der Waals surface area contributed by atoms with E-state index in [0.29, 0.717) is 0 Å². The summed E-state index contributed by atoms with van der Waals surface area (Å²) >= 11 is 7.69. The Morgan fingerprint density at radius 3 is 2.88 bits per heavy atom. The first kappa shape index (κ1) is 10.8. The number of aryl methyl sites for hydroxylation is 1. The lowest BCUT2D eigenvalue weighted by Crippen LogP contribution is -1.88. The summed E-state index contributed by atoms with van der Waals surface area (Å²) < 4.78 is 0.808. The topological polar surface area (TPSA) is 28.7 Å². The highest BCUT2D eigenvalue weighted by atomic mass is 35.5. The van der Waals surface area contributed by atoms with Crippen molar-refractivity contribution in [2.45, 2.75) is 6.92 Å². The number of fused-ring (bicyclic) bond motifs is 1. The first-order valence-electron chi connectivity index (χ1n) is 5.27. The molecule has 0 aliphatic rings. The number of para-hydroxylation sites is 2. The van der Waals surface area contributed by atoms with Gasteiger partial charge >= 0.3 is 0 Å². The molecule has 1 aromatic carbocycles. The van der Waals surface area contributed by atoms with E-state index in [2.05, 4.69) is 22.3 Å². The molecule has 0 saturated carbocycles. The Kier molecular flexibility index (Phi) is 2.65. The molecule has 0 bridgehead atoms. The first-order valence-corrected chi connectivity index (χ1v) is 6.53. The van der Waals surface area contributed by atoms with Gasteiger partial charge in [0, 0.05) is 0 Å². The average molecular weight is 262 g/mol. The molecule has 3 rings (SSSR count). The van der Waals surface area contributed by atoms with Crippen molar-refractivity contribution < 1.29 is 0 Å². The fraction of sp³-hybridized carbons (Fsp3) is 0.0769. The van der Waals surface area contributed by atoms with Gasteiger partial charge in [0.2, 0.25) is 0 Å². The minimum atomic E-state index is 0.808. The maximum absolute atomic E-state index is 6.14. The van der Waals surface area contributed by atoms with Gasteiger partial charge < -0.3 is 4.98 Å². The number of hydrogen-bond acceptors (Lipinski definition) is 2. The van der Waals surface area contributed by atoms with Gasteiger partial charge in [0.05, 0.1) is 21.8 Å². The van der Waals surface area contributed by atoms with Gasteiger partial charge in [-0.3, -0.25) is 0 Å². The van der Waals surface area contributed by atoms with E-state index in [9.17, 15) is 0 Å². The summed E-state index contributed by atoms with van der Waals surface area (Å²) in [6, 6.07) is 7.98. The van der Waals surface area contributed by atoms with Crippen molar-refractivity contribution in [3.63, 3.8) is 0 Å². The number of benzene rings is 1. The van der Waals surface area contributed by atoms with Crippen molar-refractivity contribution >= 4 is 34.0 Å². The Hall–Kier alpha value is -1.32. The lowest BCUT2D eigenvalue weighted by molar-refractivity contribution is 1.19. The summed E-state index contributed by atoms with van der Waals surface area (Å²) in [5.74, 6) is 0.842. The molecule has 0 fully saturated rings. The lowest BCUT2D eigenvalue weighted by Gasteiger charge is -1.97. The van der Waals surface area contributed by atoms with E-state index in [1.165, 1.54) is 5.56 Å². The van der Waals surface area contributed by atoms with Crippen molar-refractivity contribution in [3.05, 3.63) is 57.4 Å². The molecule has 0 amide bonds. The highest BCUT2D eigenvalue weighted by Gasteiger charge is 2.10. The second kappa shape index (κ2) is 4.17. The summed E-state index contributed by atoms with van der Waals surface area (Å²) in [6.45, 7) is 2.05. The van der Waals surface area contributed by atoms with Crippen LogP contribution in [-0.4, -0.2) is 9.97 Å². The van der Waals surface area contributed by atoms with Crippen LogP contribution >= 0.6 is 22.9 Å². The van der Waals surface area contributed by atoms with Gasteiger partial charge in [-0.05, 0) is 35.6 Å². The van der Waals surface area contributed by atoms with Crippen molar-refractivity contribution in [2.75, 3.05) is 0 Å².